The molecule has 1 aromatic carbocycles. The second-order valence-electron chi connectivity index (χ2n) is 3.54. The first-order chi connectivity index (χ1) is 8.24. The van der Waals surface area contributed by atoms with E-state index in [-0.39, 0.29) is 0 Å². The highest BCUT2D eigenvalue weighted by Crippen LogP contribution is 2.04. The summed E-state index contributed by atoms with van der Waals surface area (Å²) >= 11 is 1.84. The maximum Gasteiger partial charge on any atom is 0.335 e. The van der Waals surface area contributed by atoms with E-state index in [4.69, 9.17) is 5.11 Å². The molecule has 0 aliphatic heterocycles. The predicted octanol–water partition coefficient (Wildman–Crippen LogP) is 2.39. The van der Waals surface area contributed by atoms with Crippen LogP contribution in [0.4, 0.5) is 0 Å². The molecule has 0 aromatic heterocycles. The van der Waals surface area contributed by atoms with Crippen molar-refractivity contribution in [3.05, 3.63) is 48.0 Å². The van der Waals surface area contributed by atoms with Crippen LogP contribution in [0.5, 0.6) is 0 Å². The highest BCUT2D eigenvalue weighted by molar-refractivity contribution is 7.99. The molecule has 2 N–H and O–H groups in total. The fraction of sp³-hybridized carbons (Fsp3) is 0.308. The third kappa shape index (κ3) is 5.56. The minimum absolute atomic E-state index is 0.329. The Kier molecular flexibility index (Phi) is 6.43. The van der Waals surface area contributed by atoms with Crippen LogP contribution in [0.3, 0.4) is 0 Å². The average Bonchev–Trinajstić information content (AvgIpc) is 2.34. The summed E-state index contributed by atoms with van der Waals surface area (Å²) in [7, 11) is 0. The summed E-state index contributed by atoms with van der Waals surface area (Å²) in [5, 5.41) is 12.1. The smallest absolute Gasteiger partial charge is 0.335 e. The summed E-state index contributed by atoms with van der Waals surface area (Å²) < 4.78 is 0. The van der Waals surface area contributed by atoms with Crippen molar-refractivity contribution in [2.75, 3.05) is 18.1 Å². The summed E-state index contributed by atoms with van der Waals surface area (Å²) in [5.74, 6) is 1.15. The molecular weight excluding hydrogens is 234 g/mol. The van der Waals surface area contributed by atoms with Crippen LogP contribution in [-0.2, 0) is 6.54 Å². The molecule has 0 aliphatic rings. The minimum atomic E-state index is -0.884. The number of carboxylic acids is 1. The zero-order valence-electron chi connectivity index (χ0n) is 9.69. The SMILES string of the molecule is C=CCSCCNCc1ccc(C(=O)O)cc1. The highest BCUT2D eigenvalue weighted by atomic mass is 32.2. The Labute approximate surface area is 106 Å². The highest BCUT2D eigenvalue weighted by Gasteiger charge is 2.00. The van der Waals surface area contributed by atoms with Crippen LogP contribution < -0.4 is 5.32 Å². The van der Waals surface area contributed by atoms with Gasteiger partial charge in [-0.3, -0.25) is 0 Å². The van der Waals surface area contributed by atoms with Gasteiger partial charge >= 0.3 is 5.97 Å². The van der Waals surface area contributed by atoms with Gasteiger partial charge in [0.15, 0.2) is 0 Å². The van der Waals surface area contributed by atoms with E-state index in [0.717, 1.165) is 30.2 Å². The van der Waals surface area contributed by atoms with Crippen LogP contribution in [-0.4, -0.2) is 29.1 Å². The quantitative estimate of drug-likeness (QED) is 0.550. The Morgan fingerprint density at radius 2 is 2.12 bits per heavy atom. The predicted molar refractivity (Wildman–Crippen MR) is 72.6 cm³/mol. The number of aromatic carboxylic acids is 1. The van der Waals surface area contributed by atoms with Crippen LogP contribution in [0, 0.1) is 0 Å². The number of carbonyl (C=O) groups is 1. The zero-order valence-corrected chi connectivity index (χ0v) is 10.5. The van der Waals surface area contributed by atoms with Crippen LogP contribution >= 0.6 is 11.8 Å². The van der Waals surface area contributed by atoms with Gasteiger partial charge < -0.3 is 10.4 Å². The van der Waals surface area contributed by atoms with E-state index in [1.807, 2.05) is 30.0 Å². The Morgan fingerprint density at radius 1 is 1.41 bits per heavy atom. The lowest BCUT2D eigenvalue weighted by Crippen LogP contribution is -2.16. The Morgan fingerprint density at radius 3 is 2.71 bits per heavy atom. The largest absolute Gasteiger partial charge is 0.478 e. The molecular formula is C13H17NO2S. The molecule has 0 unspecified atom stereocenters. The normalized spacial score (nSPS) is 10.1. The van der Waals surface area contributed by atoms with Crippen molar-refractivity contribution in [3.63, 3.8) is 0 Å². The fourth-order valence-electron chi connectivity index (χ4n) is 1.31. The van der Waals surface area contributed by atoms with E-state index in [2.05, 4.69) is 11.9 Å². The monoisotopic (exact) mass is 251 g/mol. The molecule has 4 heteroatoms. The van der Waals surface area contributed by atoms with E-state index < -0.39 is 5.97 Å². The molecule has 0 atom stereocenters. The molecule has 0 amide bonds. The first-order valence-corrected chi connectivity index (χ1v) is 6.61. The molecule has 0 spiro atoms. The summed E-state index contributed by atoms with van der Waals surface area (Å²) in [6.07, 6.45) is 1.90. The number of nitrogens with one attached hydrogen (secondary N) is 1. The van der Waals surface area contributed by atoms with Crippen molar-refractivity contribution < 1.29 is 9.90 Å². The molecule has 0 saturated heterocycles. The van der Waals surface area contributed by atoms with Crippen LogP contribution in [0.15, 0.2) is 36.9 Å². The average molecular weight is 251 g/mol. The second kappa shape index (κ2) is 7.92. The van der Waals surface area contributed by atoms with Crippen molar-refractivity contribution >= 4 is 17.7 Å². The second-order valence-corrected chi connectivity index (χ2v) is 4.69. The van der Waals surface area contributed by atoms with Crippen molar-refractivity contribution in [2.45, 2.75) is 6.54 Å². The molecule has 0 aliphatic carbocycles. The van der Waals surface area contributed by atoms with Gasteiger partial charge in [0.25, 0.3) is 0 Å². The number of thioether (sulfide) groups is 1. The van der Waals surface area contributed by atoms with Crippen molar-refractivity contribution in [3.8, 4) is 0 Å². The molecule has 1 aromatic rings. The lowest BCUT2D eigenvalue weighted by Gasteiger charge is -2.04. The molecule has 92 valence electrons. The van der Waals surface area contributed by atoms with Crippen molar-refractivity contribution in [1.82, 2.24) is 5.32 Å². The van der Waals surface area contributed by atoms with Gasteiger partial charge in [0, 0.05) is 24.6 Å². The van der Waals surface area contributed by atoms with Crippen molar-refractivity contribution in [2.24, 2.45) is 0 Å². The van der Waals surface area contributed by atoms with Gasteiger partial charge in [-0.05, 0) is 17.7 Å². The third-order valence-electron chi connectivity index (χ3n) is 2.19. The van der Waals surface area contributed by atoms with Gasteiger partial charge in [0.1, 0.15) is 0 Å². The van der Waals surface area contributed by atoms with E-state index in [1.54, 1.807) is 12.1 Å². The van der Waals surface area contributed by atoms with Crippen LogP contribution in [0.2, 0.25) is 0 Å². The van der Waals surface area contributed by atoms with Crippen LogP contribution in [0.1, 0.15) is 15.9 Å². The maximum atomic E-state index is 10.6. The Bertz CT molecular complexity index is 362. The number of hydrogen-bond donors (Lipinski definition) is 2. The summed E-state index contributed by atoms with van der Waals surface area (Å²) in [4.78, 5) is 10.6. The molecule has 0 heterocycles. The topological polar surface area (TPSA) is 49.3 Å². The van der Waals surface area contributed by atoms with E-state index in [9.17, 15) is 4.79 Å². The number of benzene rings is 1. The van der Waals surface area contributed by atoms with Gasteiger partial charge in [0.2, 0.25) is 0 Å². The minimum Gasteiger partial charge on any atom is -0.478 e. The Hall–Kier alpha value is -1.26. The Balaban J connectivity index is 2.23. The first-order valence-electron chi connectivity index (χ1n) is 5.45. The van der Waals surface area contributed by atoms with E-state index in [1.165, 1.54) is 0 Å². The zero-order chi connectivity index (χ0) is 12.5. The van der Waals surface area contributed by atoms with Gasteiger partial charge in [-0.2, -0.15) is 11.8 Å². The molecule has 0 bridgehead atoms. The molecule has 17 heavy (non-hydrogen) atoms. The first kappa shape index (κ1) is 13.8. The number of rotatable bonds is 8. The van der Waals surface area contributed by atoms with Gasteiger partial charge in [-0.25, -0.2) is 4.79 Å². The fourth-order valence-corrected chi connectivity index (χ4v) is 1.93. The number of hydrogen-bond acceptors (Lipinski definition) is 3. The maximum absolute atomic E-state index is 10.6. The van der Waals surface area contributed by atoms with E-state index in [0.29, 0.717) is 5.56 Å². The molecule has 0 radical (unpaired) electrons. The molecule has 0 saturated carbocycles. The van der Waals surface area contributed by atoms with Crippen molar-refractivity contribution in [1.29, 1.82) is 0 Å². The third-order valence-corrected chi connectivity index (χ3v) is 3.15. The summed E-state index contributed by atoms with van der Waals surface area (Å²) in [5.41, 5.74) is 1.43. The molecule has 0 fully saturated rings. The van der Waals surface area contributed by atoms with E-state index >= 15 is 0 Å². The van der Waals surface area contributed by atoms with Gasteiger partial charge in [0.05, 0.1) is 5.56 Å². The molecule has 3 nitrogen and oxygen atoms in total. The summed E-state index contributed by atoms with van der Waals surface area (Å²) in [6.45, 7) is 5.38. The lowest BCUT2D eigenvalue weighted by molar-refractivity contribution is 0.0697. The summed E-state index contributed by atoms with van der Waals surface area (Å²) in [6, 6.07) is 6.94. The van der Waals surface area contributed by atoms with Gasteiger partial charge in [-0.15, -0.1) is 6.58 Å². The standard InChI is InChI=1S/C13H17NO2S/c1-2-8-17-9-7-14-10-11-3-5-12(6-4-11)13(15)16/h2-6,14H,1,7-10H2,(H,15,16). The number of carboxylic acid groups (broad SMARTS) is 1. The van der Waals surface area contributed by atoms with Gasteiger partial charge in [-0.1, -0.05) is 18.2 Å². The van der Waals surface area contributed by atoms with Crippen LogP contribution in [0.25, 0.3) is 0 Å². The lowest BCUT2D eigenvalue weighted by atomic mass is 10.1. The molecule has 1 rings (SSSR count).